The van der Waals surface area contributed by atoms with Gasteiger partial charge in [0, 0.05) is 10.3 Å². The Morgan fingerprint density at radius 3 is 3.31 bits per heavy atom. The first kappa shape index (κ1) is 5.01. The van der Waals surface area contributed by atoms with Gasteiger partial charge in [0.2, 0.25) is 0 Å². The fraction of sp³-hybridized carbons (Fsp3) is 0.111. The topological polar surface area (TPSA) is 54.6 Å². The van der Waals surface area contributed by atoms with Crippen LogP contribution in [-0.4, -0.2) is 20.5 Å². The van der Waals surface area contributed by atoms with E-state index in [4.69, 9.17) is 9.22 Å². The molecule has 1 N–H and O–H groups in total. The zero-order chi connectivity index (χ0) is 11.9. The Morgan fingerprint density at radius 2 is 2.62 bits per heavy atom. The fourth-order valence-corrected chi connectivity index (χ4v) is 1.14. The van der Waals surface area contributed by atoms with Crippen molar-refractivity contribution in [1.82, 2.24) is 9.38 Å². The molecule has 0 saturated carbocycles. The van der Waals surface area contributed by atoms with Crippen LogP contribution in [0.2, 0.25) is 0 Å². The number of hydrogen-bond donors (Lipinski definition) is 1. The maximum Gasteiger partial charge on any atom is 0.354 e. The number of nitrogens with zero attached hydrogens (tertiary/aromatic N) is 2. The van der Waals surface area contributed by atoms with Crippen molar-refractivity contribution in [2.75, 3.05) is 0 Å². The molecule has 2 aromatic heterocycles. The third-order valence-electron chi connectivity index (χ3n) is 1.73. The Bertz CT molecular complexity index is 559. The lowest BCUT2D eigenvalue weighted by Crippen LogP contribution is -2.00. The van der Waals surface area contributed by atoms with Crippen LogP contribution in [0.1, 0.15) is 20.2 Å². The van der Waals surface area contributed by atoms with Crippen molar-refractivity contribution in [3.05, 3.63) is 35.8 Å². The maximum absolute atomic E-state index is 10.8. The molecule has 0 spiro atoms. The molecule has 0 bridgehead atoms. The first-order valence-corrected chi connectivity index (χ1v) is 3.60. The van der Waals surface area contributed by atoms with Crippen molar-refractivity contribution < 1.29 is 14.0 Å². The zero-order valence-electron chi connectivity index (χ0n) is 9.56. The number of aromatic carboxylic acids is 1. The quantitative estimate of drug-likeness (QED) is 0.718. The minimum atomic E-state index is -2.21. The second-order valence-electron chi connectivity index (χ2n) is 2.59. The number of imidazole rings is 1. The van der Waals surface area contributed by atoms with Gasteiger partial charge in [-0.15, -0.1) is 0 Å². The number of aromatic nitrogens is 2. The number of hydrogen-bond acceptors (Lipinski definition) is 2. The summed E-state index contributed by atoms with van der Waals surface area (Å²) in [6.07, 6.45) is 2.59. The van der Waals surface area contributed by atoms with Crippen LogP contribution in [0.25, 0.3) is 5.65 Å². The van der Waals surface area contributed by atoms with E-state index in [-0.39, 0.29) is 11.3 Å². The smallest absolute Gasteiger partial charge is 0.354 e. The van der Waals surface area contributed by atoms with Crippen LogP contribution < -0.4 is 0 Å². The van der Waals surface area contributed by atoms with Crippen LogP contribution in [0.15, 0.2) is 24.5 Å². The Labute approximate surface area is 78.7 Å². The van der Waals surface area contributed by atoms with E-state index in [1.54, 1.807) is 0 Å². The lowest BCUT2D eigenvalue weighted by molar-refractivity contribution is 0.0689. The SMILES string of the molecule is [2H]C([2H])([2H])c1ccn2c(C(=O)O)cnc2c1. The van der Waals surface area contributed by atoms with Crippen LogP contribution in [0, 0.1) is 6.85 Å². The number of carbonyl (C=O) groups is 1. The maximum atomic E-state index is 10.8. The number of aryl methyl sites for hydroxylation is 1. The molecule has 0 aromatic carbocycles. The number of carboxylic acids is 1. The number of fused-ring (bicyclic) bond motifs is 1. The summed E-state index contributed by atoms with van der Waals surface area (Å²) in [5.41, 5.74) is 0.459. The molecule has 0 saturated heterocycles. The van der Waals surface area contributed by atoms with E-state index in [0.717, 1.165) is 0 Å². The van der Waals surface area contributed by atoms with Crippen LogP contribution >= 0.6 is 0 Å². The standard InChI is InChI=1S/C9H8N2O2/c1-6-2-3-11-7(9(12)13)5-10-8(11)4-6/h2-5H,1H3,(H,12,13)/i1D3. The normalized spacial score (nSPS) is 14.9. The van der Waals surface area contributed by atoms with E-state index in [1.807, 2.05) is 0 Å². The molecule has 0 aliphatic rings. The van der Waals surface area contributed by atoms with Crippen molar-refractivity contribution in [3.63, 3.8) is 0 Å². The Balaban J connectivity index is 2.62. The summed E-state index contributed by atoms with van der Waals surface area (Å²) in [4.78, 5) is 14.6. The lowest BCUT2D eigenvalue weighted by atomic mass is 10.3. The van der Waals surface area contributed by atoms with E-state index < -0.39 is 12.8 Å². The van der Waals surface area contributed by atoms with Crippen LogP contribution in [-0.2, 0) is 0 Å². The highest BCUT2D eigenvalue weighted by Gasteiger charge is 2.08. The summed E-state index contributed by atoms with van der Waals surface area (Å²) in [6.45, 7) is -2.21. The molecule has 0 amide bonds. The molecule has 2 rings (SSSR count). The molecule has 0 atom stereocenters. The van der Waals surface area contributed by atoms with Crippen LogP contribution in [0.5, 0.6) is 0 Å². The first-order chi connectivity index (χ1) is 7.39. The molecular weight excluding hydrogens is 168 g/mol. The molecule has 2 heterocycles. The highest BCUT2D eigenvalue weighted by Crippen LogP contribution is 2.08. The van der Waals surface area contributed by atoms with E-state index in [9.17, 15) is 4.79 Å². The van der Waals surface area contributed by atoms with Gasteiger partial charge in [0.25, 0.3) is 0 Å². The molecule has 0 unspecified atom stereocenters. The number of pyridine rings is 1. The van der Waals surface area contributed by atoms with E-state index in [1.165, 1.54) is 28.9 Å². The number of rotatable bonds is 1. The number of carboxylic acid groups (broad SMARTS) is 1. The van der Waals surface area contributed by atoms with Gasteiger partial charge in [-0.2, -0.15) is 0 Å². The van der Waals surface area contributed by atoms with Gasteiger partial charge in [0.1, 0.15) is 5.65 Å². The molecule has 0 fully saturated rings. The monoisotopic (exact) mass is 179 g/mol. The average molecular weight is 179 g/mol. The third-order valence-corrected chi connectivity index (χ3v) is 1.73. The van der Waals surface area contributed by atoms with Gasteiger partial charge in [-0.1, -0.05) is 0 Å². The highest BCUT2D eigenvalue weighted by molar-refractivity contribution is 5.86. The zero-order valence-corrected chi connectivity index (χ0v) is 6.56. The highest BCUT2D eigenvalue weighted by atomic mass is 16.4. The van der Waals surface area contributed by atoms with Gasteiger partial charge in [-0.3, -0.25) is 4.40 Å². The second kappa shape index (κ2) is 2.58. The van der Waals surface area contributed by atoms with Crippen molar-refractivity contribution in [3.8, 4) is 0 Å². The molecule has 0 radical (unpaired) electrons. The molecule has 13 heavy (non-hydrogen) atoms. The molecule has 4 nitrogen and oxygen atoms in total. The Kier molecular flexibility index (Phi) is 0.997. The summed E-state index contributed by atoms with van der Waals surface area (Å²) in [5.74, 6) is -1.10. The average Bonchev–Trinajstić information content (AvgIpc) is 2.58. The fourth-order valence-electron chi connectivity index (χ4n) is 1.14. The van der Waals surface area contributed by atoms with Gasteiger partial charge in [-0.25, -0.2) is 9.78 Å². The molecular formula is C9H8N2O2. The van der Waals surface area contributed by atoms with Crippen LogP contribution in [0.3, 0.4) is 0 Å². The van der Waals surface area contributed by atoms with Crippen molar-refractivity contribution >= 4 is 11.6 Å². The van der Waals surface area contributed by atoms with E-state index >= 15 is 0 Å². The lowest BCUT2D eigenvalue weighted by Gasteiger charge is -1.96. The van der Waals surface area contributed by atoms with Gasteiger partial charge in [0.15, 0.2) is 5.69 Å². The molecule has 66 valence electrons. The van der Waals surface area contributed by atoms with E-state index in [2.05, 4.69) is 4.98 Å². The third kappa shape index (κ3) is 1.16. The Morgan fingerprint density at radius 1 is 1.77 bits per heavy atom. The van der Waals surface area contributed by atoms with Gasteiger partial charge < -0.3 is 5.11 Å². The molecule has 2 aromatic rings. The van der Waals surface area contributed by atoms with Gasteiger partial charge in [0.05, 0.1) is 6.20 Å². The summed E-state index contributed by atoms with van der Waals surface area (Å²) in [6, 6.07) is 2.73. The second-order valence-corrected chi connectivity index (χ2v) is 2.59. The molecule has 4 heteroatoms. The molecule has 0 aliphatic heterocycles. The van der Waals surface area contributed by atoms with Crippen LogP contribution in [0.4, 0.5) is 0 Å². The van der Waals surface area contributed by atoms with Crippen molar-refractivity contribution in [2.24, 2.45) is 0 Å². The summed E-state index contributed by atoms with van der Waals surface area (Å²) >= 11 is 0. The van der Waals surface area contributed by atoms with Crippen molar-refractivity contribution in [1.29, 1.82) is 0 Å². The van der Waals surface area contributed by atoms with Crippen molar-refractivity contribution in [2.45, 2.75) is 6.85 Å². The molecule has 0 aliphatic carbocycles. The summed E-state index contributed by atoms with van der Waals surface area (Å²) < 4.78 is 23.0. The summed E-state index contributed by atoms with van der Waals surface area (Å²) in [7, 11) is 0. The Hall–Kier alpha value is -1.84. The predicted molar refractivity (Wildman–Crippen MR) is 46.9 cm³/mol. The predicted octanol–water partition coefficient (Wildman–Crippen LogP) is 1.34. The first-order valence-electron chi connectivity index (χ1n) is 5.10. The summed E-state index contributed by atoms with van der Waals surface area (Å²) in [5, 5.41) is 8.83. The van der Waals surface area contributed by atoms with E-state index in [0.29, 0.717) is 5.65 Å². The van der Waals surface area contributed by atoms with Gasteiger partial charge in [-0.05, 0) is 24.5 Å². The van der Waals surface area contributed by atoms with Gasteiger partial charge >= 0.3 is 5.97 Å². The minimum absolute atomic E-state index is 0.00657. The largest absolute Gasteiger partial charge is 0.477 e. The minimum Gasteiger partial charge on any atom is -0.477 e.